The molecule has 1 saturated carbocycles. The molecule has 6 nitrogen and oxygen atoms in total. The third kappa shape index (κ3) is 3.14. The number of hydrogen-bond acceptors (Lipinski definition) is 4. The minimum atomic E-state index is -0.484. The summed E-state index contributed by atoms with van der Waals surface area (Å²) < 4.78 is 0. The highest BCUT2D eigenvalue weighted by Gasteiger charge is 2.26. The monoisotopic (exact) mass is 265 g/mol. The maximum atomic E-state index is 12.3. The van der Waals surface area contributed by atoms with Crippen molar-refractivity contribution in [3.63, 3.8) is 0 Å². The summed E-state index contributed by atoms with van der Waals surface area (Å²) in [5, 5.41) is 9.33. The fourth-order valence-electron chi connectivity index (χ4n) is 2.51. The number of carbonyl (C=O) groups excluding carboxylic acids is 1. The Balaban J connectivity index is 2.12. The van der Waals surface area contributed by atoms with Crippen molar-refractivity contribution in [1.82, 2.24) is 9.88 Å². The third-order valence-electron chi connectivity index (χ3n) is 3.69. The Bertz CT molecular complexity index is 518. The lowest BCUT2D eigenvalue weighted by Gasteiger charge is -2.33. The van der Waals surface area contributed by atoms with Crippen LogP contribution in [0.1, 0.15) is 36.0 Å². The average Bonchev–Trinajstić information content (AvgIpc) is 2.37. The maximum absolute atomic E-state index is 12.3. The number of carbonyl (C=O) groups is 1. The topological polar surface area (TPSA) is 99.4 Å². The van der Waals surface area contributed by atoms with Gasteiger partial charge in [-0.25, -0.2) is 0 Å². The maximum Gasteiger partial charge on any atom is 0.254 e. The molecule has 1 aliphatic rings. The smallest absolute Gasteiger partial charge is 0.254 e. The van der Waals surface area contributed by atoms with Gasteiger partial charge < -0.3 is 15.7 Å². The van der Waals surface area contributed by atoms with Gasteiger partial charge in [-0.15, -0.1) is 0 Å². The predicted octanol–water partition coefficient (Wildman–Crippen LogP) is 0.422. The average molecular weight is 265 g/mol. The van der Waals surface area contributed by atoms with Gasteiger partial charge in [-0.1, -0.05) is 0 Å². The Labute approximate surface area is 111 Å². The molecular formula is C13H19N3O3. The van der Waals surface area contributed by atoms with Gasteiger partial charge in [0, 0.05) is 31.3 Å². The molecule has 1 aromatic heterocycles. The molecule has 0 unspecified atom stereocenters. The van der Waals surface area contributed by atoms with Crippen LogP contribution < -0.4 is 11.3 Å². The first-order chi connectivity index (χ1) is 8.97. The molecule has 0 radical (unpaired) electrons. The van der Waals surface area contributed by atoms with E-state index in [4.69, 9.17) is 5.73 Å². The lowest BCUT2D eigenvalue weighted by Crippen LogP contribution is -2.42. The summed E-state index contributed by atoms with van der Waals surface area (Å²) in [5.74, 6) is -0.545. The number of nitrogens with one attached hydrogen (secondary N) is 1. The van der Waals surface area contributed by atoms with Crippen LogP contribution in [0.3, 0.4) is 0 Å². The summed E-state index contributed by atoms with van der Waals surface area (Å²) in [7, 11) is 1.72. The zero-order valence-electron chi connectivity index (χ0n) is 10.9. The first-order valence-electron chi connectivity index (χ1n) is 6.43. The molecule has 0 bridgehead atoms. The fraction of sp³-hybridized carbons (Fsp3) is 0.538. The summed E-state index contributed by atoms with van der Waals surface area (Å²) in [6, 6.07) is 2.85. The SMILES string of the molecule is CN(C(=O)c1cc(O)[nH]c(=O)c1)C1CCC(N)CC1. The molecule has 1 heterocycles. The number of aromatic amines is 1. The van der Waals surface area contributed by atoms with Crippen LogP contribution in [-0.4, -0.2) is 40.0 Å². The highest BCUT2D eigenvalue weighted by Crippen LogP contribution is 2.22. The van der Waals surface area contributed by atoms with Gasteiger partial charge in [-0.3, -0.25) is 14.6 Å². The number of H-pyrrole nitrogens is 1. The second-order valence-electron chi connectivity index (χ2n) is 5.10. The molecule has 6 heteroatoms. The van der Waals surface area contributed by atoms with Crippen molar-refractivity contribution in [3.05, 3.63) is 28.0 Å². The number of nitrogens with two attached hydrogens (primary N) is 1. The minimum absolute atomic E-state index is 0.147. The molecule has 1 aliphatic carbocycles. The zero-order chi connectivity index (χ0) is 14.0. The Kier molecular flexibility index (Phi) is 3.90. The Hall–Kier alpha value is -1.82. The van der Waals surface area contributed by atoms with Crippen molar-refractivity contribution >= 4 is 5.91 Å². The summed E-state index contributed by atoms with van der Waals surface area (Å²) in [5.41, 5.74) is 5.57. The summed E-state index contributed by atoms with van der Waals surface area (Å²) in [6.07, 6.45) is 3.56. The van der Waals surface area contributed by atoms with E-state index in [2.05, 4.69) is 4.98 Å². The Morgan fingerprint density at radius 2 is 2.00 bits per heavy atom. The Morgan fingerprint density at radius 3 is 2.58 bits per heavy atom. The molecule has 2 rings (SSSR count). The molecule has 0 saturated heterocycles. The highest BCUT2D eigenvalue weighted by atomic mass is 16.3. The molecule has 19 heavy (non-hydrogen) atoms. The Morgan fingerprint density at radius 1 is 1.37 bits per heavy atom. The lowest BCUT2D eigenvalue weighted by molar-refractivity contribution is 0.0689. The van der Waals surface area contributed by atoms with Gasteiger partial charge in [-0.2, -0.15) is 0 Å². The minimum Gasteiger partial charge on any atom is -0.494 e. The van der Waals surface area contributed by atoms with E-state index < -0.39 is 5.56 Å². The van der Waals surface area contributed by atoms with Crippen molar-refractivity contribution in [3.8, 4) is 5.88 Å². The standard InChI is InChI=1S/C13H19N3O3/c1-16(10-4-2-9(14)3-5-10)13(19)8-6-11(17)15-12(18)7-8/h6-7,9-10H,2-5,14H2,1H3,(H2,15,17,18). The quantitative estimate of drug-likeness (QED) is 0.721. The second-order valence-corrected chi connectivity index (χ2v) is 5.10. The molecule has 1 aromatic rings. The van der Waals surface area contributed by atoms with E-state index in [0.717, 1.165) is 25.7 Å². The number of aromatic hydroxyl groups is 1. The van der Waals surface area contributed by atoms with Crippen molar-refractivity contribution < 1.29 is 9.90 Å². The molecule has 0 aliphatic heterocycles. The number of pyridine rings is 1. The molecule has 4 N–H and O–H groups in total. The molecule has 0 aromatic carbocycles. The van der Waals surface area contributed by atoms with E-state index in [1.165, 1.54) is 12.1 Å². The van der Waals surface area contributed by atoms with Crippen LogP contribution in [0.25, 0.3) is 0 Å². The van der Waals surface area contributed by atoms with Gasteiger partial charge in [0.15, 0.2) is 5.88 Å². The first kappa shape index (κ1) is 13.6. The van der Waals surface area contributed by atoms with E-state index in [1.54, 1.807) is 11.9 Å². The number of aromatic nitrogens is 1. The van der Waals surface area contributed by atoms with E-state index >= 15 is 0 Å². The van der Waals surface area contributed by atoms with Crippen LogP contribution in [0.15, 0.2) is 16.9 Å². The summed E-state index contributed by atoms with van der Waals surface area (Å²) in [4.78, 5) is 27.4. The van der Waals surface area contributed by atoms with Crippen molar-refractivity contribution in [1.29, 1.82) is 0 Å². The first-order valence-corrected chi connectivity index (χ1v) is 6.43. The van der Waals surface area contributed by atoms with Crippen molar-refractivity contribution in [2.24, 2.45) is 5.73 Å². The third-order valence-corrected chi connectivity index (χ3v) is 3.69. The van der Waals surface area contributed by atoms with Crippen LogP contribution in [0.2, 0.25) is 0 Å². The number of hydrogen-bond donors (Lipinski definition) is 3. The van der Waals surface area contributed by atoms with Gasteiger partial charge in [0.25, 0.3) is 11.5 Å². The molecule has 1 fully saturated rings. The van der Waals surface area contributed by atoms with Gasteiger partial charge in [-0.05, 0) is 25.7 Å². The predicted molar refractivity (Wildman–Crippen MR) is 71.1 cm³/mol. The van der Waals surface area contributed by atoms with Gasteiger partial charge in [0.2, 0.25) is 0 Å². The normalized spacial score (nSPS) is 23.1. The van der Waals surface area contributed by atoms with Crippen LogP contribution in [-0.2, 0) is 0 Å². The lowest BCUT2D eigenvalue weighted by atomic mass is 9.91. The number of rotatable bonds is 2. The van der Waals surface area contributed by atoms with E-state index in [1.807, 2.05) is 0 Å². The van der Waals surface area contributed by atoms with Gasteiger partial charge in [0.05, 0.1) is 5.56 Å². The summed E-state index contributed by atoms with van der Waals surface area (Å²) in [6.45, 7) is 0. The molecule has 0 spiro atoms. The fourth-order valence-corrected chi connectivity index (χ4v) is 2.51. The van der Waals surface area contributed by atoms with Crippen LogP contribution in [0.4, 0.5) is 0 Å². The van der Waals surface area contributed by atoms with Crippen molar-refractivity contribution in [2.75, 3.05) is 7.05 Å². The zero-order valence-corrected chi connectivity index (χ0v) is 10.9. The van der Waals surface area contributed by atoms with Crippen LogP contribution in [0.5, 0.6) is 5.88 Å². The van der Waals surface area contributed by atoms with Gasteiger partial charge in [0.1, 0.15) is 0 Å². The van der Waals surface area contributed by atoms with Crippen LogP contribution in [0, 0.1) is 0 Å². The summed E-state index contributed by atoms with van der Waals surface area (Å²) >= 11 is 0. The molecular weight excluding hydrogens is 246 g/mol. The van der Waals surface area contributed by atoms with E-state index in [9.17, 15) is 14.7 Å². The van der Waals surface area contributed by atoms with E-state index in [0.29, 0.717) is 0 Å². The molecule has 104 valence electrons. The highest BCUT2D eigenvalue weighted by molar-refractivity contribution is 5.94. The van der Waals surface area contributed by atoms with Gasteiger partial charge >= 0.3 is 0 Å². The largest absolute Gasteiger partial charge is 0.494 e. The van der Waals surface area contributed by atoms with Crippen molar-refractivity contribution in [2.45, 2.75) is 37.8 Å². The number of amides is 1. The second kappa shape index (κ2) is 5.44. The van der Waals surface area contributed by atoms with Crippen LogP contribution >= 0.6 is 0 Å². The number of nitrogens with zero attached hydrogens (tertiary/aromatic N) is 1. The molecule has 1 amide bonds. The molecule has 0 atom stereocenters. The van der Waals surface area contributed by atoms with E-state index in [-0.39, 0.29) is 29.4 Å².